The standard InChI is InChI=1S/C9H8BrN3O/c1-13-8-6(9(10)12-13)3-2-4-7(8)11-5-14/h2-5H,1H3,(H,11,14). The van der Waals surface area contributed by atoms with Crippen molar-refractivity contribution < 1.29 is 4.79 Å². The second kappa shape index (κ2) is 3.42. The number of carbonyl (C=O) groups is 1. The summed E-state index contributed by atoms with van der Waals surface area (Å²) in [7, 11) is 1.84. The normalized spacial score (nSPS) is 10.4. The van der Waals surface area contributed by atoms with Crippen molar-refractivity contribution in [2.24, 2.45) is 7.05 Å². The molecule has 0 aliphatic rings. The van der Waals surface area contributed by atoms with Crippen LogP contribution in [0.2, 0.25) is 0 Å². The Morgan fingerprint density at radius 2 is 2.36 bits per heavy atom. The molecule has 2 aromatic rings. The number of anilines is 1. The molecule has 72 valence electrons. The van der Waals surface area contributed by atoms with Gasteiger partial charge in [-0.05, 0) is 28.1 Å². The SMILES string of the molecule is Cn1nc(Br)c2cccc(NC=O)c21. The summed E-state index contributed by atoms with van der Waals surface area (Å²) in [5, 5.41) is 7.84. The van der Waals surface area contributed by atoms with E-state index in [4.69, 9.17) is 0 Å². The summed E-state index contributed by atoms with van der Waals surface area (Å²) in [5.74, 6) is 0. The molecule has 0 aliphatic carbocycles. The van der Waals surface area contributed by atoms with Gasteiger partial charge in [0, 0.05) is 12.4 Å². The molecule has 0 aliphatic heterocycles. The highest BCUT2D eigenvalue weighted by molar-refractivity contribution is 9.10. The van der Waals surface area contributed by atoms with Crippen LogP contribution in [0.3, 0.4) is 0 Å². The van der Waals surface area contributed by atoms with E-state index < -0.39 is 0 Å². The Kier molecular flexibility index (Phi) is 2.25. The van der Waals surface area contributed by atoms with E-state index in [1.807, 2.05) is 25.2 Å². The van der Waals surface area contributed by atoms with Crippen molar-refractivity contribution in [1.29, 1.82) is 0 Å². The Morgan fingerprint density at radius 3 is 3.07 bits per heavy atom. The fourth-order valence-electron chi connectivity index (χ4n) is 1.47. The first-order valence-corrected chi connectivity index (χ1v) is 4.84. The van der Waals surface area contributed by atoms with E-state index in [0.717, 1.165) is 21.2 Å². The third kappa shape index (κ3) is 1.29. The van der Waals surface area contributed by atoms with Gasteiger partial charge < -0.3 is 5.32 Å². The second-order valence-electron chi connectivity index (χ2n) is 2.88. The Morgan fingerprint density at radius 1 is 1.57 bits per heavy atom. The maximum absolute atomic E-state index is 10.4. The molecule has 0 radical (unpaired) electrons. The van der Waals surface area contributed by atoms with Crippen LogP contribution in [0.5, 0.6) is 0 Å². The molecule has 5 heteroatoms. The van der Waals surface area contributed by atoms with Crippen LogP contribution in [0.25, 0.3) is 10.9 Å². The lowest BCUT2D eigenvalue weighted by Crippen LogP contribution is -1.98. The number of hydrogen-bond donors (Lipinski definition) is 1. The first-order valence-electron chi connectivity index (χ1n) is 4.05. The van der Waals surface area contributed by atoms with Gasteiger partial charge in [0.25, 0.3) is 0 Å². The number of para-hydroxylation sites is 1. The average Bonchev–Trinajstić information content (AvgIpc) is 2.44. The van der Waals surface area contributed by atoms with E-state index in [1.54, 1.807) is 4.68 Å². The van der Waals surface area contributed by atoms with E-state index in [1.165, 1.54) is 0 Å². The highest BCUT2D eigenvalue weighted by Crippen LogP contribution is 2.28. The molecule has 0 bridgehead atoms. The van der Waals surface area contributed by atoms with Gasteiger partial charge in [0.15, 0.2) is 0 Å². The van der Waals surface area contributed by atoms with Gasteiger partial charge in [-0.1, -0.05) is 6.07 Å². The van der Waals surface area contributed by atoms with Crippen molar-refractivity contribution in [3.8, 4) is 0 Å². The third-order valence-corrected chi connectivity index (χ3v) is 2.62. The summed E-state index contributed by atoms with van der Waals surface area (Å²) >= 11 is 3.35. The van der Waals surface area contributed by atoms with Crippen LogP contribution >= 0.6 is 15.9 Å². The number of rotatable bonds is 2. The van der Waals surface area contributed by atoms with Gasteiger partial charge in [-0.25, -0.2) is 0 Å². The molecular formula is C9H8BrN3O. The van der Waals surface area contributed by atoms with Crippen molar-refractivity contribution in [1.82, 2.24) is 9.78 Å². The monoisotopic (exact) mass is 253 g/mol. The lowest BCUT2D eigenvalue weighted by atomic mass is 10.2. The molecule has 0 saturated heterocycles. The van der Waals surface area contributed by atoms with Gasteiger partial charge in [0.2, 0.25) is 6.41 Å². The molecule has 0 atom stereocenters. The molecule has 1 amide bonds. The fraction of sp³-hybridized carbons (Fsp3) is 0.111. The van der Waals surface area contributed by atoms with Crippen molar-refractivity contribution in [2.75, 3.05) is 5.32 Å². The average molecular weight is 254 g/mol. The van der Waals surface area contributed by atoms with E-state index in [-0.39, 0.29) is 0 Å². The first-order chi connectivity index (χ1) is 6.74. The summed E-state index contributed by atoms with van der Waals surface area (Å²) in [4.78, 5) is 10.4. The van der Waals surface area contributed by atoms with Crippen LogP contribution in [0.15, 0.2) is 22.8 Å². The molecule has 4 nitrogen and oxygen atoms in total. The van der Waals surface area contributed by atoms with Gasteiger partial charge in [-0.2, -0.15) is 5.10 Å². The summed E-state index contributed by atoms with van der Waals surface area (Å²) < 4.78 is 2.51. The predicted molar refractivity (Wildman–Crippen MR) is 58.1 cm³/mol. The number of hydrogen-bond acceptors (Lipinski definition) is 2. The fourth-order valence-corrected chi connectivity index (χ4v) is 2.03. The third-order valence-electron chi connectivity index (χ3n) is 2.03. The van der Waals surface area contributed by atoms with Crippen LogP contribution in [0.1, 0.15) is 0 Å². The Hall–Kier alpha value is -1.36. The molecule has 1 aromatic heterocycles. The van der Waals surface area contributed by atoms with Crippen molar-refractivity contribution in [3.05, 3.63) is 22.8 Å². The second-order valence-corrected chi connectivity index (χ2v) is 3.63. The van der Waals surface area contributed by atoms with Crippen LogP contribution < -0.4 is 5.32 Å². The van der Waals surface area contributed by atoms with Crippen LogP contribution in [-0.2, 0) is 11.8 Å². The number of nitrogens with zero attached hydrogens (tertiary/aromatic N) is 2. The Bertz CT molecular complexity index is 492. The van der Waals surface area contributed by atoms with Gasteiger partial charge in [-0.3, -0.25) is 9.48 Å². The van der Waals surface area contributed by atoms with E-state index in [9.17, 15) is 4.79 Å². The molecule has 0 unspecified atom stereocenters. The van der Waals surface area contributed by atoms with Crippen molar-refractivity contribution in [3.63, 3.8) is 0 Å². The van der Waals surface area contributed by atoms with E-state index in [0.29, 0.717) is 6.41 Å². The molecule has 1 N–H and O–H groups in total. The minimum atomic E-state index is 0.662. The summed E-state index contributed by atoms with van der Waals surface area (Å²) in [6, 6.07) is 5.66. The summed E-state index contributed by atoms with van der Waals surface area (Å²) in [6.45, 7) is 0. The van der Waals surface area contributed by atoms with E-state index >= 15 is 0 Å². The first kappa shape index (κ1) is 9.21. The van der Waals surface area contributed by atoms with Gasteiger partial charge in [0.05, 0.1) is 11.2 Å². The zero-order valence-corrected chi connectivity index (χ0v) is 9.08. The predicted octanol–water partition coefficient (Wildman–Crippen LogP) is 1.90. The Balaban J connectivity index is 2.78. The van der Waals surface area contributed by atoms with Gasteiger partial charge >= 0.3 is 0 Å². The zero-order chi connectivity index (χ0) is 10.1. The molecule has 1 heterocycles. The van der Waals surface area contributed by atoms with E-state index in [2.05, 4.69) is 26.3 Å². The number of halogens is 1. The topological polar surface area (TPSA) is 46.9 Å². The maximum Gasteiger partial charge on any atom is 0.211 e. The summed E-state index contributed by atoms with van der Waals surface area (Å²) in [6.07, 6.45) is 0.662. The molecule has 1 aromatic carbocycles. The number of aryl methyl sites for hydroxylation is 1. The molecule has 0 saturated carbocycles. The minimum Gasteiger partial charge on any atom is -0.327 e. The number of nitrogens with one attached hydrogen (secondary N) is 1. The molecule has 14 heavy (non-hydrogen) atoms. The lowest BCUT2D eigenvalue weighted by molar-refractivity contribution is -0.105. The maximum atomic E-state index is 10.4. The number of benzene rings is 1. The largest absolute Gasteiger partial charge is 0.327 e. The number of fused-ring (bicyclic) bond motifs is 1. The Labute approximate surface area is 89.0 Å². The van der Waals surface area contributed by atoms with Crippen LogP contribution in [0.4, 0.5) is 5.69 Å². The van der Waals surface area contributed by atoms with Crippen LogP contribution in [-0.4, -0.2) is 16.2 Å². The molecule has 2 rings (SSSR count). The number of amides is 1. The van der Waals surface area contributed by atoms with Gasteiger partial charge in [-0.15, -0.1) is 0 Å². The van der Waals surface area contributed by atoms with Crippen LogP contribution in [0, 0.1) is 0 Å². The van der Waals surface area contributed by atoms with Gasteiger partial charge in [0.1, 0.15) is 4.60 Å². The number of aromatic nitrogens is 2. The lowest BCUT2D eigenvalue weighted by Gasteiger charge is -2.01. The molecular weight excluding hydrogens is 246 g/mol. The zero-order valence-electron chi connectivity index (χ0n) is 7.49. The quantitative estimate of drug-likeness (QED) is 0.832. The van der Waals surface area contributed by atoms with Crippen molar-refractivity contribution >= 4 is 38.9 Å². The smallest absolute Gasteiger partial charge is 0.211 e. The number of carbonyl (C=O) groups excluding carboxylic acids is 1. The van der Waals surface area contributed by atoms with Crippen molar-refractivity contribution in [2.45, 2.75) is 0 Å². The molecule has 0 fully saturated rings. The highest BCUT2D eigenvalue weighted by Gasteiger charge is 2.08. The highest BCUT2D eigenvalue weighted by atomic mass is 79.9. The minimum absolute atomic E-state index is 0.662. The molecule has 0 spiro atoms. The summed E-state index contributed by atoms with van der Waals surface area (Å²) in [5.41, 5.74) is 1.67.